The third kappa shape index (κ3) is 4.32. The monoisotopic (exact) mass is 468 g/mol. The van der Waals surface area contributed by atoms with Crippen LogP contribution in [0.3, 0.4) is 0 Å². The third-order valence-corrected chi connectivity index (χ3v) is 5.54. The van der Waals surface area contributed by atoms with Gasteiger partial charge in [-0.3, -0.25) is 0 Å². The summed E-state index contributed by atoms with van der Waals surface area (Å²) in [5.41, 5.74) is 0. The van der Waals surface area contributed by atoms with Crippen molar-refractivity contribution >= 4 is 23.5 Å². The Morgan fingerprint density at radius 2 is 0.690 bits per heavy atom. The summed E-state index contributed by atoms with van der Waals surface area (Å²) in [5.74, 6) is -20.7. The van der Waals surface area contributed by atoms with E-state index in [4.69, 9.17) is 0 Å². The van der Waals surface area contributed by atoms with Gasteiger partial charge in [-0.05, 0) is 47.8 Å². The van der Waals surface area contributed by atoms with E-state index < -0.39 is 61.6 Å². The maximum Gasteiger partial charge on any atom is 0.388 e. The number of hydrogen-bond acceptors (Lipinski definition) is 2. The minimum Gasteiger partial charge on any atom is -0.192 e. The average molecular weight is 468 g/mol. The molecule has 0 saturated heterocycles. The molecule has 2 aromatic rings. The van der Waals surface area contributed by atoms with Gasteiger partial charge in [-0.1, -0.05) is 36.4 Å². The van der Waals surface area contributed by atoms with Crippen LogP contribution in [0.5, 0.6) is 0 Å². The van der Waals surface area contributed by atoms with Crippen LogP contribution in [0.4, 0.5) is 43.9 Å². The zero-order valence-corrected chi connectivity index (χ0v) is 15.5. The van der Waals surface area contributed by atoms with Crippen LogP contribution in [0.25, 0.3) is 0 Å². The lowest BCUT2D eigenvalue weighted by atomic mass is 10.0. The largest absolute Gasteiger partial charge is 0.388 e. The molecule has 0 aliphatic carbocycles. The Morgan fingerprint density at radius 3 is 0.966 bits per heavy atom. The minimum atomic E-state index is -7.09. The molecule has 0 bridgehead atoms. The molecule has 0 N–H and O–H groups in total. The second-order valence-corrected chi connectivity index (χ2v) is 7.96. The topological polar surface area (TPSA) is 0 Å². The molecule has 0 nitrogen and oxygen atoms in total. The van der Waals surface area contributed by atoms with Crippen LogP contribution in [0, 0.1) is 0 Å². The van der Waals surface area contributed by atoms with Crippen LogP contribution in [0.2, 0.25) is 0 Å². The van der Waals surface area contributed by atoms with Crippen LogP contribution in [0.1, 0.15) is 0 Å². The van der Waals surface area contributed by atoms with Crippen LogP contribution < -0.4 is 0 Å². The number of alkyl halides is 10. The second kappa shape index (κ2) is 7.93. The zero-order chi connectivity index (χ0) is 22.1. The molecule has 0 saturated carbocycles. The van der Waals surface area contributed by atoms with Crippen molar-refractivity contribution in [1.82, 2.24) is 0 Å². The molecule has 0 heterocycles. The van der Waals surface area contributed by atoms with Crippen LogP contribution in [-0.4, -0.2) is 28.3 Å². The number of hydrogen-bond donors (Lipinski definition) is 0. The summed E-state index contributed by atoms with van der Waals surface area (Å²) in [7, 11) is 0. The number of halogens is 10. The van der Waals surface area contributed by atoms with Gasteiger partial charge >= 0.3 is 28.3 Å². The van der Waals surface area contributed by atoms with Gasteiger partial charge in [-0.25, -0.2) is 0 Å². The Balaban J connectivity index is 2.38. The highest BCUT2D eigenvalue weighted by Gasteiger charge is 2.86. The lowest BCUT2D eigenvalue weighted by molar-refractivity contribution is -0.373. The van der Waals surface area contributed by atoms with Gasteiger partial charge in [-0.15, -0.1) is 0 Å². The number of benzene rings is 2. The first-order chi connectivity index (χ1) is 13.2. The van der Waals surface area contributed by atoms with Gasteiger partial charge in [0.2, 0.25) is 0 Å². The van der Waals surface area contributed by atoms with Crippen LogP contribution in [0.15, 0.2) is 70.5 Å². The van der Waals surface area contributed by atoms with Gasteiger partial charge in [0.1, 0.15) is 0 Å². The van der Waals surface area contributed by atoms with Crippen molar-refractivity contribution in [3.63, 3.8) is 0 Å². The summed E-state index contributed by atoms with van der Waals surface area (Å²) in [6, 6.07) is 10.4. The molecule has 0 spiro atoms. The molecule has 0 fully saturated rings. The summed E-state index contributed by atoms with van der Waals surface area (Å²) in [6.45, 7) is 0. The van der Waals surface area contributed by atoms with Crippen molar-refractivity contribution in [2.24, 2.45) is 0 Å². The summed E-state index contributed by atoms with van der Waals surface area (Å²) in [5, 5.41) is -11.6. The first-order valence-corrected chi connectivity index (χ1v) is 9.16. The molecule has 0 amide bonds. The Labute approximate surface area is 166 Å². The maximum atomic E-state index is 13.9. The normalized spacial score (nSPS) is 14.1. The van der Waals surface area contributed by atoms with E-state index in [2.05, 4.69) is 0 Å². The minimum absolute atomic E-state index is 0.651. The van der Waals surface area contributed by atoms with E-state index in [0.29, 0.717) is 0 Å². The van der Waals surface area contributed by atoms with Crippen molar-refractivity contribution in [1.29, 1.82) is 0 Å². The van der Waals surface area contributed by atoms with Crippen LogP contribution >= 0.6 is 23.5 Å². The standard InChI is InChI=1S/C17H10F10S2/c18-13(19,14(20,21)16(24,25)28-11-7-3-1-4-8-11)15(22,23)17(26,27)29-12-9-5-2-6-10-12/h1-10H. The third-order valence-electron chi connectivity index (χ3n) is 3.50. The van der Waals surface area contributed by atoms with E-state index in [1.807, 2.05) is 0 Å². The van der Waals surface area contributed by atoms with Crippen molar-refractivity contribution < 1.29 is 43.9 Å². The predicted molar refractivity (Wildman–Crippen MR) is 89.3 cm³/mol. The van der Waals surface area contributed by atoms with E-state index in [0.717, 1.165) is 48.5 Å². The fraction of sp³-hybridized carbons (Fsp3) is 0.294. The molecule has 0 unspecified atom stereocenters. The summed E-state index contributed by atoms with van der Waals surface area (Å²) in [6.07, 6.45) is 0. The lowest BCUT2D eigenvalue weighted by Gasteiger charge is -2.38. The quantitative estimate of drug-likeness (QED) is 0.288. The zero-order valence-electron chi connectivity index (χ0n) is 13.9. The van der Waals surface area contributed by atoms with E-state index in [1.165, 1.54) is 12.1 Å². The van der Waals surface area contributed by atoms with E-state index in [1.54, 1.807) is 0 Å². The summed E-state index contributed by atoms with van der Waals surface area (Å²) >= 11 is -2.28. The van der Waals surface area contributed by atoms with Gasteiger partial charge in [0.05, 0.1) is 0 Å². The molecular weight excluding hydrogens is 458 g/mol. The molecule has 2 rings (SSSR count). The van der Waals surface area contributed by atoms with Gasteiger partial charge in [0.15, 0.2) is 0 Å². The molecule has 0 aliphatic heterocycles. The van der Waals surface area contributed by atoms with Gasteiger partial charge < -0.3 is 0 Å². The second-order valence-electron chi connectivity index (χ2n) is 5.59. The highest BCUT2D eigenvalue weighted by Crippen LogP contribution is 2.62. The predicted octanol–water partition coefficient (Wildman–Crippen LogP) is 7.66. The Morgan fingerprint density at radius 1 is 0.414 bits per heavy atom. The summed E-state index contributed by atoms with van der Waals surface area (Å²) in [4.78, 5) is -1.30. The molecular formula is C17H10F10S2. The van der Waals surface area contributed by atoms with E-state index in [9.17, 15) is 43.9 Å². The van der Waals surface area contributed by atoms with Crippen LogP contribution in [-0.2, 0) is 0 Å². The van der Waals surface area contributed by atoms with E-state index in [-0.39, 0.29) is 0 Å². The highest BCUT2D eigenvalue weighted by molar-refractivity contribution is 8.00. The molecule has 0 atom stereocenters. The Bertz CT molecular complexity index is 742. The SMILES string of the molecule is FC(F)(Sc1ccccc1)C(F)(F)C(F)(F)C(F)(F)C(F)(F)Sc1ccccc1. The molecule has 0 aromatic heterocycles. The Kier molecular flexibility index (Phi) is 6.49. The molecule has 0 radical (unpaired) electrons. The molecule has 0 aliphatic rings. The maximum absolute atomic E-state index is 13.9. The number of thioether (sulfide) groups is 2. The lowest BCUT2D eigenvalue weighted by Crippen LogP contribution is -2.65. The molecule has 12 heteroatoms. The van der Waals surface area contributed by atoms with Crippen molar-refractivity contribution in [2.45, 2.75) is 38.1 Å². The molecule has 2 aromatic carbocycles. The fourth-order valence-electron chi connectivity index (χ4n) is 1.96. The van der Waals surface area contributed by atoms with Gasteiger partial charge in [-0.2, -0.15) is 43.9 Å². The Hall–Kier alpha value is -1.56. The molecule has 29 heavy (non-hydrogen) atoms. The first-order valence-electron chi connectivity index (χ1n) is 7.53. The first kappa shape index (κ1) is 23.7. The van der Waals surface area contributed by atoms with Crippen molar-refractivity contribution in [3.05, 3.63) is 60.7 Å². The summed E-state index contributed by atoms with van der Waals surface area (Å²) < 4.78 is 139. The smallest absolute Gasteiger partial charge is 0.192 e. The average Bonchev–Trinajstić information content (AvgIpc) is 2.62. The highest BCUT2D eigenvalue weighted by atomic mass is 32.2. The van der Waals surface area contributed by atoms with Gasteiger partial charge in [0, 0.05) is 9.79 Å². The van der Waals surface area contributed by atoms with Crippen molar-refractivity contribution in [2.75, 3.05) is 0 Å². The van der Waals surface area contributed by atoms with Gasteiger partial charge in [0.25, 0.3) is 0 Å². The van der Waals surface area contributed by atoms with Crippen molar-refractivity contribution in [3.8, 4) is 0 Å². The van der Waals surface area contributed by atoms with E-state index >= 15 is 0 Å². The fourth-order valence-corrected chi connectivity index (χ4v) is 3.66. The molecule has 160 valence electrons. The number of rotatable bonds is 8.